The lowest BCUT2D eigenvalue weighted by molar-refractivity contribution is 0.413. The summed E-state index contributed by atoms with van der Waals surface area (Å²) in [5, 5.41) is 13.4. The second-order valence-corrected chi connectivity index (χ2v) is 5.77. The van der Waals surface area contributed by atoms with Gasteiger partial charge >= 0.3 is 0 Å². The Kier molecular flexibility index (Phi) is 4.45. The zero-order valence-corrected chi connectivity index (χ0v) is 14.5. The number of aromatic hydroxyl groups is 1. The molecule has 1 heterocycles. The summed E-state index contributed by atoms with van der Waals surface area (Å²) < 4.78 is 16.3. The molecule has 0 aliphatic carbocycles. The molecule has 27 heavy (non-hydrogen) atoms. The highest BCUT2D eigenvalue weighted by molar-refractivity contribution is 5.61. The molecular weight excluding hydrogens is 344 g/mol. The van der Waals surface area contributed by atoms with E-state index in [0.717, 1.165) is 22.6 Å². The van der Waals surface area contributed by atoms with Gasteiger partial charge in [0.05, 0.1) is 7.11 Å². The van der Waals surface area contributed by atoms with Crippen molar-refractivity contribution in [3.63, 3.8) is 0 Å². The second kappa shape index (κ2) is 7.21. The molecule has 0 atom stereocenters. The summed E-state index contributed by atoms with van der Waals surface area (Å²) in [6.45, 7) is 0. The molecule has 0 aliphatic heterocycles. The quantitative estimate of drug-likeness (QED) is 0.545. The Bertz CT molecular complexity index is 1020. The first-order chi connectivity index (χ1) is 13.2. The number of aromatic nitrogens is 2. The van der Waals surface area contributed by atoms with Gasteiger partial charge in [0.1, 0.15) is 23.0 Å². The largest absolute Gasteiger partial charge is 0.508 e. The summed E-state index contributed by atoms with van der Waals surface area (Å²) in [4.78, 5) is 4.40. The van der Waals surface area contributed by atoms with Crippen molar-refractivity contribution in [2.45, 2.75) is 0 Å². The molecular formula is C21H16N2O4. The molecule has 1 aromatic heterocycles. The summed E-state index contributed by atoms with van der Waals surface area (Å²) in [6, 6.07) is 21.4. The third-order valence-corrected chi connectivity index (χ3v) is 3.95. The first-order valence-corrected chi connectivity index (χ1v) is 8.27. The predicted octanol–water partition coefficient (Wildman–Crippen LogP) is 4.91. The van der Waals surface area contributed by atoms with E-state index in [2.05, 4.69) is 10.1 Å². The Morgan fingerprint density at radius 3 is 1.93 bits per heavy atom. The highest BCUT2D eigenvalue weighted by Gasteiger charge is 2.11. The summed E-state index contributed by atoms with van der Waals surface area (Å²) in [5.74, 6) is 3.26. The minimum absolute atomic E-state index is 0.186. The number of rotatable bonds is 5. The third kappa shape index (κ3) is 3.74. The van der Waals surface area contributed by atoms with Crippen LogP contribution in [0.1, 0.15) is 0 Å². The Morgan fingerprint density at radius 2 is 1.30 bits per heavy atom. The molecule has 3 aromatic carbocycles. The Balaban J connectivity index is 1.49. The molecule has 6 nitrogen and oxygen atoms in total. The number of nitrogens with zero attached hydrogens (tertiary/aromatic N) is 2. The maximum atomic E-state index is 9.36. The minimum Gasteiger partial charge on any atom is -0.508 e. The average molecular weight is 360 g/mol. The lowest BCUT2D eigenvalue weighted by Gasteiger charge is -2.06. The van der Waals surface area contributed by atoms with E-state index in [1.807, 2.05) is 48.5 Å². The van der Waals surface area contributed by atoms with E-state index in [1.54, 1.807) is 31.4 Å². The van der Waals surface area contributed by atoms with Gasteiger partial charge in [-0.2, -0.15) is 4.98 Å². The molecule has 4 aromatic rings. The first kappa shape index (κ1) is 16.7. The van der Waals surface area contributed by atoms with E-state index >= 15 is 0 Å². The van der Waals surface area contributed by atoms with Gasteiger partial charge in [-0.1, -0.05) is 5.16 Å². The molecule has 0 unspecified atom stereocenters. The number of hydrogen-bond donors (Lipinski definition) is 1. The van der Waals surface area contributed by atoms with Crippen LogP contribution in [0.15, 0.2) is 77.3 Å². The normalized spacial score (nSPS) is 10.6. The van der Waals surface area contributed by atoms with E-state index in [-0.39, 0.29) is 5.75 Å². The van der Waals surface area contributed by atoms with Gasteiger partial charge in [-0.05, 0) is 72.8 Å². The van der Waals surface area contributed by atoms with Crippen molar-refractivity contribution in [3.05, 3.63) is 72.8 Å². The van der Waals surface area contributed by atoms with Crippen molar-refractivity contribution in [2.24, 2.45) is 0 Å². The number of benzene rings is 3. The van der Waals surface area contributed by atoms with Crippen LogP contribution in [-0.2, 0) is 0 Å². The Hall–Kier alpha value is -3.80. The van der Waals surface area contributed by atoms with Crippen LogP contribution in [0.2, 0.25) is 0 Å². The molecule has 134 valence electrons. The summed E-state index contributed by atoms with van der Waals surface area (Å²) in [6.07, 6.45) is 0. The van der Waals surface area contributed by atoms with Crippen molar-refractivity contribution < 1.29 is 19.1 Å². The molecule has 0 aliphatic rings. The highest BCUT2D eigenvalue weighted by atomic mass is 16.5. The third-order valence-electron chi connectivity index (χ3n) is 3.95. The van der Waals surface area contributed by atoms with Gasteiger partial charge in [0.15, 0.2) is 0 Å². The van der Waals surface area contributed by atoms with Gasteiger partial charge in [0.25, 0.3) is 5.89 Å². The van der Waals surface area contributed by atoms with E-state index in [4.69, 9.17) is 14.0 Å². The van der Waals surface area contributed by atoms with Gasteiger partial charge in [0.2, 0.25) is 5.82 Å². The van der Waals surface area contributed by atoms with Crippen LogP contribution in [0.3, 0.4) is 0 Å². The zero-order valence-electron chi connectivity index (χ0n) is 14.5. The molecule has 0 saturated heterocycles. The lowest BCUT2D eigenvalue weighted by Crippen LogP contribution is -1.86. The molecule has 0 fully saturated rings. The van der Waals surface area contributed by atoms with Gasteiger partial charge < -0.3 is 19.1 Å². The van der Waals surface area contributed by atoms with Crippen LogP contribution in [0.25, 0.3) is 22.8 Å². The lowest BCUT2D eigenvalue weighted by atomic mass is 10.2. The number of phenols is 1. The van der Waals surface area contributed by atoms with Crippen molar-refractivity contribution in [3.8, 4) is 45.8 Å². The number of hydrogen-bond acceptors (Lipinski definition) is 6. The Morgan fingerprint density at radius 1 is 0.741 bits per heavy atom. The molecule has 4 rings (SSSR count). The molecule has 0 saturated carbocycles. The average Bonchev–Trinajstić information content (AvgIpc) is 3.20. The fourth-order valence-electron chi connectivity index (χ4n) is 2.51. The summed E-state index contributed by atoms with van der Waals surface area (Å²) in [7, 11) is 1.62. The second-order valence-electron chi connectivity index (χ2n) is 5.77. The van der Waals surface area contributed by atoms with Crippen LogP contribution >= 0.6 is 0 Å². The van der Waals surface area contributed by atoms with Crippen molar-refractivity contribution >= 4 is 0 Å². The molecule has 0 radical (unpaired) electrons. The Labute approximate surface area is 155 Å². The van der Waals surface area contributed by atoms with Gasteiger partial charge in [-0.3, -0.25) is 0 Å². The van der Waals surface area contributed by atoms with Crippen molar-refractivity contribution in [2.75, 3.05) is 7.11 Å². The van der Waals surface area contributed by atoms with Crippen LogP contribution in [0.4, 0.5) is 0 Å². The van der Waals surface area contributed by atoms with E-state index in [9.17, 15) is 5.11 Å². The zero-order chi connectivity index (χ0) is 18.6. The molecule has 6 heteroatoms. The maximum Gasteiger partial charge on any atom is 0.258 e. The topological polar surface area (TPSA) is 77.6 Å². The number of ether oxygens (including phenoxy) is 2. The minimum atomic E-state index is 0.186. The van der Waals surface area contributed by atoms with E-state index in [1.165, 1.54) is 0 Å². The van der Waals surface area contributed by atoms with Crippen molar-refractivity contribution in [1.82, 2.24) is 10.1 Å². The van der Waals surface area contributed by atoms with Gasteiger partial charge in [-0.25, -0.2) is 0 Å². The standard InChI is InChI=1S/C21H16N2O4/c1-25-17-10-12-19(13-11-17)26-18-8-4-14(5-9-18)20-22-21(27-23-20)15-2-6-16(24)7-3-15/h2-13,24H,1H3. The van der Waals surface area contributed by atoms with E-state index in [0.29, 0.717) is 17.5 Å². The maximum absolute atomic E-state index is 9.36. The predicted molar refractivity (Wildman–Crippen MR) is 99.9 cm³/mol. The van der Waals surface area contributed by atoms with Crippen molar-refractivity contribution in [1.29, 1.82) is 0 Å². The van der Waals surface area contributed by atoms with Gasteiger partial charge in [0, 0.05) is 11.1 Å². The molecule has 0 amide bonds. The summed E-state index contributed by atoms with van der Waals surface area (Å²) in [5.41, 5.74) is 1.55. The van der Waals surface area contributed by atoms with Crippen LogP contribution < -0.4 is 9.47 Å². The smallest absolute Gasteiger partial charge is 0.258 e. The number of phenolic OH excluding ortho intramolecular Hbond substituents is 1. The molecule has 0 bridgehead atoms. The van der Waals surface area contributed by atoms with Crippen LogP contribution in [0, 0.1) is 0 Å². The van der Waals surface area contributed by atoms with E-state index < -0.39 is 0 Å². The molecule has 1 N–H and O–H groups in total. The number of methoxy groups -OCH3 is 1. The van der Waals surface area contributed by atoms with Gasteiger partial charge in [-0.15, -0.1) is 0 Å². The molecule has 0 spiro atoms. The first-order valence-electron chi connectivity index (χ1n) is 8.27. The summed E-state index contributed by atoms with van der Waals surface area (Å²) >= 11 is 0. The fraction of sp³-hybridized carbons (Fsp3) is 0.0476. The fourth-order valence-corrected chi connectivity index (χ4v) is 2.51. The monoisotopic (exact) mass is 360 g/mol. The highest BCUT2D eigenvalue weighted by Crippen LogP contribution is 2.27. The van der Waals surface area contributed by atoms with Crippen LogP contribution in [0.5, 0.6) is 23.0 Å². The van der Waals surface area contributed by atoms with Crippen LogP contribution in [-0.4, -0.2) is 22.4 Å². The SMILES string of the molecule is COc1ccc(Oc2ccc(-c3noc(-c4ccc(O)cc4)n3)cc2)cc1.